The number of alkyl halides is 1. The fourth-order valence-corrected chi connectivity index (χ4v) is 1.44. The first-order valence-electron chi connectivity index (χ1n) is 4.49. The molecule has 0 saturated heterocycles. The molecule has 1 aromatic rings. The van der Waals surface area contributed by atoms with Gasteiger partial charge in [-0.3, -0.25) is 0 Å². The topological polar surface area (TPSA) is 37.8 Å². The van der Waals surface area contributed by atoms with Crippen LogP contribution in [0.1, 0.15) is 19.0 Å². The van der Waals surface area contributed by atoms with Gasteiger partial charge in [0.05, 0.1) is 10.2 Å². The Morgan fingerprint density at radius 2 is 2.36 bits per heavy atom. The zero-order valence-corrected chi connectivity index (χ0v) is 10.6. The van der Waals surface area contributed by atoms with Crippen LogP contribution in [0.15, 0.2) is 10.7 Å². The first-order chi connectivity index (χ1) is 6.67. The van der Waals surface area contributed by atoms with E-state index >= 15 is 0 Å². The molecule has 0 bridgehead atoms. The predicted octanol–water partition coefficient (Wildman–Crippen LogP) is 2.98. The van der Waals surface area contributed by atoms with Crippen molar-refractivity contribution < 1.29 is 0 Å². The van der Waals surface area contributed by atoms with Gasteiger partial charge in [0.25, 0.3) is 0 Å². The van der Waals surface area contributed by atoms with Crippen LogP contribution >= 0.6 is 27.5 Å². The molecular formula is C9H13BrClN3. The summed E-state index contributed by atoms with van der Waals surface area (Å²) >= 11 is 9.11. The van der Waals surface area contributed by atoms with Gasteiger partial charge in [0.15, 0.2) is 0 Å². The second-order valence-electron chi connectivity index (χ2n) is 3.03. The Kier molecular flexibility index (Phi) is 4.62. The van der Waals surface area contributed by atoms with E-state index in [9.17, 15) is 0 Å². The molecule has 14 heavy (non-hydrogen) atoms. The van der Waals surface area contributed by atoms with Gasteiger partial charge in [0.2, 0.25) is 5.95 Å². The lowest BCUT2D eigenvalue weighted by Gasteiger charge is -2.13. The molecule has 1 rings (SSSR count). The summed E-state index contributed by atoms with van der Waals surface area (Å²) in [6, 6.07) is 0.234. The van der Waals surface area contributed by atoms with Crippen LogP contribution in [0.2, 0.25) is 0 Å². The van der Waals surface area contributed by atoms with E-state index in [1.807, 2.05) is 6.92 Å². The predicted molar refractivity (Wildman–Crippen MR) is 62.9 cm³/mol. The van der Waals surface area contributed by atoms with Crippen LogP contribution in [-0.4, -0.2) is 21.9 Å². The minimum Gasteiger partial charge on any atom is -0.350 e. The van der Waals surface area contributed by atoms with Crippen molar-refractivity contribution in [3.8, 4) is 0 Å². The third-order valence-electron chi connectivity index (χ3n) is 1.93. The zero-order valence-electron chi connectivity index (χ0n) is 8.22. The molecule has 1 aromatic heterocycles. The smallest absolute Gasteiger partial charge is 0.223 e. The lowest BCUT2D eigenvalue weighted by molar-refractivity contribution is 0.757. The second-order valence-corrected chi connectivity index (χ2v) is 4.19. The number of rotatable bonds is 4. The molecule has 0 radical (unpaired) electrons. The van der Waals surface area contributed by atoms with Crippen LogP contribution in [0.3, 0.4) is 0 Å². The normalized spacial score (nSPS) is 12.6. The molecule has 0 fully saturated rings. The Labute approximate surface area is 97.4 Å². The average Bonchev–Trinajstić information content (AvgIpc) is 2.19. The van der Waals surface area contributed by atoms with E-state index in [4.69, 9.17) is 11.6 Å². The Hall–Kier alpha value is -0.350. The van der Waals surface area contributed by atoms with Gasteiger partial charge in [-0.1, -0.05) is 6.92 Å². The minimum atomic E-state index is 0.234. The lowest BCUT2D eigenvalue weighted by atomic mass is 10.3. The fraction of sp³-hybridized carbons (Fsp3) is 0.556. The van der Waals surface area contributed by atoms with E-state index in [1.165, 1.54) is 0 Å². The van der Waals surface area contributed by atoms with Crippen molar-refractivity contribution in [2.24, 2.45) is 0 Å². The third kappa shape index (κ3) is 3.10. The highest BCUT2D eigenvalue weighted by molar-refractivity contribution is 9.10. The molecule has 1 heterocycles. The van der Waals surface area contributed by atoms with Crippen molar-refractivity contribution in [2.45, 2.75) is 26.3 Å². The van der Waals surface area contributed by atoms with Gasteiger partial charge in [-0.2, -0.15) is 0 Å². The summed E-state index contributed by atoms with van der Waals surface area (Å²) < 4.78 is 0.918. The lowest BCUT2D eigenvalue weighted by Crippen LogP contribution is -2.21. The molecule has 0 aliphatic heterocycles. The molecule has 78 valence electrons. The van der Waals surface area contributed by atoms with Gasteiger partial charge in [0, 0.05) is 18.1 Å². The number of halogens is 2. The van der Waals surface area contributed by atoms with Crippen LogP contribution in [0.5, 0.6) is 0 Å². The average molecular weight is 279 g/mol. The quantitative estimate of drug-likeness (QED) is 0.861. The first kappa shape index (κ1) is 11.7. The molecule has 5 heteroatoms. The molecule has 3 nitrogen and oxygen atoms in total. The highest BCUT2D eigenvalue weighted by Crippen LogP contribution is 2.14. The van der Waals surface area contributed by atoms with Crippen molar-refractivity contribution in [1.82, 2.24) is 9.97 Å². The summed E-state index contributed by atoms with van der Waals surface area (Å²) in [7, 11) is 0. The number of anilines is 1. The number of aryl methyl sites for hydroxylation is 1. The summed E-state index contributed by atoms with van der Waals surface area (Å²) in [5.41, 5.74) is 0.923. The largest absolute Gasteiger partial charge is 0.350 e. The van der Waals surface area contributed by atoms with Crippen LogP contribution in [0, 0.1) is 6.92 Å². The number of aromatic nitrogens is 2. The van der Waals surface area contributed by atoms with Crippen molar-refractivity contribution >= 4 is 33.5 Å². The number of nitrogens with one attached hydrogen (secondary N) is 1. The maximum absolute atomic E-state index is 5.76. The van der Waals surface area contributed by atoms with Gasteiger partial charge < -0.3 is 5.32 Å². The molecule has 0 aliphatic carbocycles. The van der Waals surface area contributed by atoms with Gasteiger partial charge in [0.1, 0.15) is 0 Å². The van der Waals surface area contributed by atoms with E-state index in [1.54, 1.807) is 6.20 Å². The fourth-order valence-electron chi connectivity index (χ4n) is 0.954. The summed E-state index contributed by atoms with van der Waals surface area (Å²) in [4.78, 5) is 8.43. The molecule has 0 aromatic carbocycles. The molecule has 0 amide bonds. The summed E-state index contributed by atoms with van der Waals surface area (Å²) in [5, 5.41) is 3.17. The standard InChI is InChI=1S/C9H13BrClN3/c1-3-7(4-11)14-9-12-5-8(10)6(2)13-9/h5,7H,3-4H2,1-2H3,(H,12,13,14). The molecule has 1 N–H and O–H groups in total. The van der Waals surface area contributed by atoms with Crippen molar-refractivity contribution in [1.29, 1.82) is 0 Å². The summed E-state index contributed by atoms with van der Waals surface area (Å²) in [5.74, 6) is 1.20. The van der Waals surface area contributed by atoms with Gasteiger partial charge >= 0.3 is 0 Å². The Morgan fingerprint density at radius 1 is 1.64 bits per heavy atom. The van der Waals surface area contributed by atoms with Crippen LogP contribution in [0.4, 0.5) is 5.95 Å². The maximum atomic E-state index is 5.76. The van der Waals surface area contributed by atoms with E-state index in [2.05, 4.69) is 38.1 Å². The van der Waals surface area contributed by atoms with Crippen molar-refractivity contribution in [3.63, 3.8) is 0 Å². The monoisotopic (exact) mass is 277 g/mol. The molecular weight excluding hydrogens is 265 g/mol. The van der Waals surface area contributed by atoms with Gasteiger partial charge in [-0.05, 0) is 29.3 Å². The van der Waals surface area contributed by atoms with Crippen LogP contribution < -0.4 is 5.32 Å². The third-order valence-corrected chi connectivity index (χ3v) is 3.08. The van der Waals surface area contributed by atoms with E-state index in [0.717, 1.165) is 16.6 Å². The Bertz CT molecular complexity index is 302. The van der Waals surface area contributed by atoms with Crippen molar-refractivity contribution in [2.75, 3.05) is 11.2 Å². The van der Waals surface area contributed by atoms with E-state index in [-0.39, 0.29) is 6.04 Å². The van der Waals surface area contributed by atoms with Gasteiger partial charge in [-0.25, -0.2) is 9.97 Å². The number of hydrogen-bond acceptors (Lipinski definition) is 3. The second kappa shape index (κ2) is 5.51. The number of nitrogens with zero attached hydrogens (tertiary/aromatic N) is 2. The zero-order chi connectivity index (χ0) is 10.6. The molecule has 0 saturated carbocycles. The van der Waals surface area contributed by atoms with E-state index < -0.39 is 0 Å². The molecule has 1 atom stereocenters. The minimum absolute atomic E-state index is 0.234. The SMILES string of the molecule is CCC(CCl)Nc1ncc(Br)c(C)n1. The highest BCUT2D eigenvalue weighted by atomic mass is 79.9. The Balaban J connectivity index is 2.72. The van der Waals surface area contributed by atoms with Crippen LogP contribution in [-0.2, 0) is 0 Å². The highest BCUT2D eigenvalue weighted by Gasteiger charge is 2.06. The number of hydrogen-bond donors (Lipinski definition) is 1. The first-order valence-corrected chi connectivity index (χ1v) is 5.81. The van der Waals surface area contributed by atoms with Gasteiger partial charge in [-0.15, -0.1) is 11.6 Å². The van der Waals surface area contributed by atoms with Crippen LogP contribution in [0.25, 0.3) is 0 Å². The van der Waals surface area contributed by atoms with Crippen molar-refractivity contribution in [3.05, 3.63) is 16.4 Å². The Morgan fingerprint density at radius 3 is 2.86 bits per heavy atom. The molecule has 1 unspecified atom stereocenters. The summed E-state index contributed by atoms with van der Waals surface area (Å²) in [6.45, 7) is 4.00. The molecule has 0 spiro atoms. The maximum Gasteiger partial charge on any atom is 0.223 e. The summed E-state index contributed by atoms with van der Waals surface area (Å²) in [6.07, 6.45) is 2.70. The molecule has 0 aliphatic rings. The van der Waals surface area contributed by atoms with E-state index in [0.29, 0.717) is 11.8 Å².